The molecule has 2 heterocycles. The highest BCUT2D eigenvalue weighted by Gasteiger charge is 2.49. The fraction of sp³-hybridized carbons (Fsp3) is 0.387. The molecule has 1 N–H and O–H groups in total. The predicted molar refractivity (Wildman–Crippen MR) is 138 cm³/mol. The van der Waals surface area contributed by atoms with Crippen LogP contribution < -0.4 is 0 Å². The van der Waals surface area contributed by atoms with Crippen molar-refractivity contribution < 1.29 is 27.8 Å². The van der Waals surface area contributed by atoms with Gasteiger partial charge in [-0.1, -0.05) is 60.7 Å². The Morgan fingerprint density at radius 3 is 2.11 bits per heavy atom. The predicted octanol–water partition coefficient (Wildman–Crippen LogP) is 7.17. The Kier molecular flexibility index (Phi) is 6.02. The average molecular weight is 522 g/mol. The number of fused-ring (bicyclic) bond motifs is 5. The van der Waals surface area contributed by atoms with Crippen LogP contribution in [0.15, 0.2) is 66.7 Å². The third-order valence-corrected chi connectivity index (χ3v) is 8.62. The zero-order chi connectivity index (χ0) is 26.7. The maximum Gasteiger partial charge on any atom is 0.416 e. The lowest BCUT2D eigenvalue weighted by Gasteiger charge is -2.51. The van der Waals surface area contributed by atoms with Crippen molar-refractivity contribution in [3.05, 3.63) is 94.5 Å². The number of carbonyl (C=O) groups excluding carboxylic acids is 1. The van der Waals surface area contributed by atoms with Crippen molar-refractivity contribution in [2.45, 2.75) is 68.8 Å². The molecule has 2 bridgehead atoms. The van der Waals surface area contributed by atoms with Crippen molar-refractivity contribution in [1.29, 1.82) is 0 Å². The molecule has 1 amide bonds. The van der Waals surface area contributed by atoms with Gasteiger partial charge in [0.1, 0.15) is 6.61 Å². The van der Waals surface area contributed by atoms with Gasteiger partial charge < -0.3 is 14.7 Å². The number of carbonyl (C=O) groups is 1. The summed E-state index contributed by atoms with van der Waals surface area (Å²) in [5.41, 5.74) is 3.21. The lowest BCUT2D eigenvalue weighted by molar-refractivity contribution is -0.138. The third-order valence-electron chi connectivity index (χ3n) is 8.62. The second kappa shape index (κ2) is 9.16. The van der Waals surface area contributed by atoms with Crippen LogP contribution in [0.1, 0.15) is 65.8 Å². The molecule has 0 radical (unpaired) electrons. The van der Waals surface area contributed by atoms with Gasteiger partial charge in [-0.15, -0.1) is 0 Å². The molecule has 38 heavy (non-hydrogen) atoms. The number of nitrogens with zero attached hydrogens (tertiary/aromatic N) is 1. The van der Waals surface area contributed by atoms with Crippen molar-refractivity contribution in [2.75, 3.05) is 6.61 Å². The van der Waals surface area contributed by atoms with Gasteiger partial charge in [-0.3, -0.25) is 0 Å². The summed E-state index contributed by atoms with van der Waals surface area (Å²) < 4.78 is 45.8. The van der Waals surface area contributed by atoms with E-state index in [4.69, 9.17) is 4.74 Å². The van der Waals surface area contributed by atoms with E-state index in [2.05, 4.69) is 24.3 Å². The molecule has 1 aliphatic carbocycles. The molecule has 2 fully saturated rings. The van der Waals surface area contributed by atoms with Crippen LogP contribution in [0.25, 0.3) is 11.1 Å². The molecule has 2 atom stereocenters. The fourth-order valence-electron chi connectivity index (χ4n) is 6.90. The van der Waals surface area contributed by atoms with Crippen molar-refractivity contribution in [3.63, 3.8) is 0 Å². The zero-order valence-corrected chi connectivity index (χ0v) is 21.2. The normalized spacial score (nSPS) is 24.6. The smallest absolute Gasteiger partial charge is 0.416 e. The van der Waals surface area contributed by atoms with Crippen molar-refractivity contribution in [3.8, 4) is 11.1 Å². The van der Waals surface area contributed by atoms with Gasteiger partial charge in [0.2, 0.25) is 0 Å². The Balaban J connectivity index is 1.20. The van der Waals surface area contributed by atoms with E-state index in [1.807, 2.05) is 24.3 Å². The number of amides is 1. The van der Waals surface area contributed by atoms with Gasteiger partial charge in [0.15, 0.2) is 0 Å². The molecule has 3 aliphatic rings. The lowest BCUT2D eigenvalue weighted by Crippen LogP contribution is -2.59. The van der Waals surface area contributed by atoms with E-state index in [1.54, 1.807) is 4.90 Å². The highest BCUT2D eigenvalue weighted by atomic mass is 19.4. The molecule has 4 nitrogen and oxygen atoms in total. The second-order valence-corrected chi connectivity index (χ2v) is 10.9. The molecule has 2 aliphatic heterocycles. The maximum atomic E-state index is 13.4. The topological polar surface area (TPSA) is 49.8 Å². The SMILES string of the molecule is Cc1cc(C2(O)CC3CCCC(C2)N3C(=O)OCC2c3ccccc3-c3ccccc32)ccc1C(F)(F)F. The standard InChI is InChI=1S/C31H30F3NO3/c1-19-15-20(13-14-28(19)31(32,33)34)30(37)16-21-7-6-8-22(17-30)35(21)29(36)38-18-27-25-11-4-2-9-23(25)24-10-3-5-12-26(24)27/h2-5,9-15,21-22,27,37H,6-8,16-18H2,1H3. The number of hydrogen-bond acceptors (Lipinski definition) is 3. The minimum atomic E-state index is -4.44. The number of hydrogen-bond donors (Lipinski definition) is 1. The number of alkyl halides is 3. The summed E-state index contributed by atoms with van der Waals surface area (Å²) in [5, 5.41) is 11.6. The number of aryl methyl sites for hydroxylation is 1. The molecule has 3 aromatic rings. The van der Waals surface area contributed by atoms with Crippen LogP contribution >= 0.6 is 0 Å². The van der Waals surface area contributed by atoms with Crippen LogP contribution in [0, 0.1) is 6.92 Å². The Labute approximate surface area is 220 Å². The van der Waals surface area contributed by atoms with Crippen molar-refractivity contribution >= 4 is 6.09 Å². The zero-order valence-electron chi connectivity index (χ0n) is 21.2. The minimum absolute atomic E-state index is 0.0389. The minimum Gasteiger partial charge on any atom is -0.448 e. The van der Waals surface area contributed by atoms with Crippen molar-refractivity contribution in [1.82, 2.24) is 4.90 Å². The molecule has 198 valence electrons. The molecule has 7 heteroatoms. The summed E-state index contributed by atoms with van der Waals surface area (Å²) in [6, 6.07) is 19.8. The van der Waals surface area contributed by atoms with Gasteiger partial charge in [0, 0.05) is 30.8 Å². The Bertz CT molecular complexity index is 1330. The first kappa shape index (κ1) is 25.0. The number of rotatable bonds is 3. The Morgan fingerprint density at radius 1 is 0.974 bits per heavy atom. The second-order valence-electron chi connectivity index (χ2n) is 10.9. The molecular formula is C31H30F3NO3. The average Bonchev–Trinajstić information content (AvgIpc) is 3.19. The van der Waals surface area contributed by atoms with Gasteiger partial charge in [-0.25, -0.2) is 4.79 Å². The fourth-order valence-corrected chi connectivity index (χ4v) is 6.90. The summed E-state index contributed by atoms with van der Waals surface area (Å²) >= 11 is 0. The summed E-state index contributed by atoms with van der Waals surface area (Å²) in [5.74, 6) is -0.0389. The molecule has 0 spiro atoms. The van der Waals surface area contributed by atoms with Crippen LogP contribution in [0.2, 0.25) is 0 Å². The summed E-state index contributed by atoms with van der Waals surface area (Å²) in [6.07, 6.45) is -1.88. The van der Waals surface area contributed by atoms with Crippen LogP contribution in [-0.2, 0) is 16.5 Å². The summed E-state index contributed by atoms with van der Waals surface area (Å²) in [4.78, 5) is 15.2. The van der Waals surface area contributed by atoms with E-state index in [0.29, 0.717) is 5.56 Å². The number of ether oxygens (including phenoxy) is 1. The monoisotopic (exact) mass is 521 g/mol. The molecule has 0 aromatic heterocycles. The van der Waals surface area contributed by atoms with Gasteiger partial charge in [0.05, 0.1) is 11.2 Å². The first-order valence-corrected chi connectivity index (χ1v) is 13.2. The molecule has 0 saturated carbocycles. The number of piperidine rings is 2. The van der Waals surface area contributed by atoms with E-state index < -0.39 is 17.3 Å². The Hall–Kier alpha value is -3.32. The van der Waals surface area contributed by atoms with E-state index in [0.717, 1.165) is 47.6 Å². The maximum absolute atomic E-state index is 13.4. The van der Waals surface area contributed by atoms with Crippen LogP contribution in [-0.4, -0.2) is 34.8 Å². The highest BCUT2D eigenvalue weighted by molar-refractivity contribution is 5.79. The van der Waals surface area contributed by atoms with Crippen molar-refractivity contribution in [2.24, 2.45) is 0 Å². The summed E-state index contributed by atoms with van der Waals surface area (Å²) in [6.45, 7) is 1.65. The molecular weight excluding hydrogens is 491 g/mol. The number of aliphatic hydroxyl groups is 1. The summed E-state index contributed by atoms with van der Waals surface area (Å²) in [7, 11) is 0. The van der Waals surface area contributed by atoms with Crippen LogP contribution in [0.3, 0.4) is 0 Å². The van der Waals surface area contributed by atoms with E-state index in [-0.39, 0.29) is 49.1 Å². The van der Waals surface area contributed by atoms with Gasteiger partial charge in [0.25, 0.3) is 0 Å². The largest absolute Gasteiger partial charge is 0.448 e. The molecule has 6 rings (SSSR count). The molecule has 3 aromatic carbocycles. The van der Waals surface area contributed by atoms with Gasteiger partial charge in [-0.05, 0) is 65.6 Å². The first-order chi connectivity index (χ1) is 18.2. The van der Waals surface area contributed by atoms with Gasteiger partial charge in [-0.2, -0.15) is 13.2 Å². The third kappa shape index (κ3) is 4.17. The van der Waals surface area contributed by atoms with Gasteiger partial charge >= 0.3 is 12.3 Å². The van der Waals surface area contributed by atoms with E-state index in [9.17, 15) is 23.1 Å². The lowest BCUT2D eigenvalue weighted by atomic mass is 9.72. The Morgan fingerprint density at radius 2 is 1.55 bits per heavy atom. The number of benzene rings is 3. The highest BCUT2D eigenvalue weighted by Crippen LogP contribution is 2.47. The van der Waals surface area contributed by atoms with E-state index in [1.165, 1.54) is 19.1 Å². The van der Waals surface area contributed by atoms with Crippen LogP contribution in [0.5, 0.6) is 0 Å². The van der Waals surface area contributed by atoms with Crippen LogP contribution in [0.4, 0.5) is 18.0 Å². The molecule has 2 unspecified atom stereocenters. The van der Waals surface area contributed by atoms with E-state index >= 15 is 0 Å². The quantitative estimate of drug-likeness (QED) is 0.398. The number of halogens is 3. The molecule has 2 saturated heterocycles. The first-order valence-electron chi connectivity index (χ1n) is 13.2.